The minimum atomic E-state index is -1.18. The molecule has 18 nitrogen and oxygen atoms in total. The van der Waals surface area contributed by atoms with Crippen LogP contribution in [-0.4, -0.2) is 163 Å². The van der Waals surface area contributed by atoms with Gasteiger partial charge in [-0.15, -0.1) is 0 Å². The van der Waals surface area contributed by atoms with Crippen molar-refractivity contribution in [3.05, 3.63) is 24.3 Å². The monoisotopic (exact) mass is 838 g/mol. The molecule has 0 aromatic heterocycles. The van der Waals surface area contributed by atoms with Gasteiger partial charge in [-0.25, -0.2) is 9.59 Å². The first-order valence-electron chi connectivity index (χ1n) is 18.5. The van der Waals surface area contributed by atoms with Crippen molar-refractivity contribution in [1.82, 2.24) is 0 Å². The molecule has 0 spiro atoms. The highest BCUT2D eigenvalue weighted by Crippen LogP contribution is 2.17. The Morgan fingerprint density at radius 1 is 0.404 bits per heavy atom. The number of unbranched alkanes of at least 4 members (excludes halogenated alkanes) is 10. The zero-order valence-electron chi connectivity index (χ0n) is 33.1. The van der Waals surface area contributed by atoms with E-state index in [4.69, 9.17) is 60.5 Å². The Bertz CT molecular complexity index is 977. The van der Waals surface area contributed by atoms with Crippen molar-refractivity contribution in [3.8, 4) is 0 Å². The maximum atomic E-state index is 11.0. The maximum Gasteiger partial charge on any atom is 0.333 e. The molecule has 0 saturated carbocycles. The first-order chi connectivity index (χ1) is 26.3. The fraction of sp³-hybridized carbons (Fsp3) is 0.737. The molecule has 0 aliphatic rings. The number of rotatable bonds is 30. The zero-order valence-corrected chi connectivity index (χ0v) is 33.1. The summed E-state index contributed by atoms with van der Waals surface area (Å²) < 4.78 is 9.45. The van der Waals surface area contributed by atoms with Gasteiger partial charge in [0.2, 0.25) is 0 Å². The number of aliphatic carboxylic acids is 4. The fourth-order valence-electron chi connectivity index (χ4n) is 3.78. The largest absolute Gasteiger partial charge is 0.481 e. The van der Waals surface area contributed by atoms with Crippen LogP contribution in [0.3, 0.4) is 0 Å². The van der Waals surface area contributed by atoms with Crippen LogP contribution in [0.15, 0.2) is 24.3 Å². The molecule has 0 heterocycles. The molecule has 10 N–H and O–H groups in total. The van der Waals surface area contributed by atoms with Gasteiger partial charge in [-0.2, -0.15) is 0 Å². The van der Waals surface area contributed by atoms with Crippen molar-refractivity contribution in [2.75, 3.05) is 52.9 Å². The number of hydrogen-bond acceptors (Lipinski definition) is 14. The van der Waals surface area contributed by atoms with Crippen molar-refractivity contribution < 1.29 is 89.3 Å². The van der Waals surface area contributed by atoms with Crippen LogP contribution >= 0.6 is 0 Å². The number of esters is 2. The van der Waals surface area contributed by atoms with E-state index >= 15 is 0 Å². The molecular formula is C38H70MgO18. The molecular weight excluding hydrogens is 769 g/mol. The number of carbonyl (C=O) groups excluding carboxylic acids is 2. The molecule has 0 amide bonds. The van der Waals surface area contributed by atoms with Crippen molar-refractivity contribution in [1.29, 1.82) is 0 Å². The smallest absolute Gasteiger partial charge is 0.333 e. The summed E-state index contributed by atoms with van der Waals surface area (Å²) in [4.78, 5) is 62.5. The van der Waals surface area contributed by atoms with Gasteiger partial charge in [-0.3, -0.25) is 19.2 Å². The van der Waals surface area contributed by atoms with Crippen LogP contribution in [0.25, 0.3) is 0 Å². The van der Waals surface area contributed by atoms with Crippen molar-refractivity contribution >= 4 is 58.9 Å². The van der Waals surface area contributed by atoms with Gasteiger partial charge in [0.1, 0.15) is 13.2 Å². The van der Waals surface area contributed by atoms with E-state index in [9.17, 15) is 28.8 Å². The number of aliphatic hydroxyl groups is 6. The molecule has 0 saturated heterocycles. The maximum absolute atomic E-state index is 11.0. The lowest BCUT2D eigenvalue weighted by Gasteiger charge is -2.26. The van der Waals surface area contributed by atoms with Gasteiger partial charge in [-0.1, -0.05) is 64.5 Å². The highest BCUT2D eigenvalue weighted by molar-refractivity contribution is 5.87. The summed E-state index contributed by atoms with van der Waals surface area (Å²) in [5.41, 5.74) is -1.89. The number of carboxylic acid groups (broad SMARTS) is 4. The zero-order chi connectivity index (χ0) is 44.0. The van der Waals surface area contributed by atoms with Crippen molar-refractivity contribution in [3.63, 3.8) is 0 Å². The summed E-state index contributed by atoms with van der Waals surface area (Å²) in [6, 6.07) is 0. The average molecular weight is 839 g/mol. The number of ether oxygens (including phenoxy) is 2. The molecule has 0 aromatic rings. The standard InChI is InChI=1S/2C10H18O4.2C9H16O5.Mg.2H/c2*11-9(12)7-5-3-1-2-4-6-8-10(13)14;2*1-7(2)8(13)14-6-9(3-10,4-11)5-12;;;/h2*1-8H2,(H,11,12)(H,13,14);2*10-12H,1,3-6H2,2H3;;;. The van der Waals surface area contributed by atoms with Crippen LogP contribution in [0.4, 0.5) is 0 Å². The molecule has 57 heavy (non-hydrogen) atoms. The first-order valence-corrected chi connectivity index (χ1v) is 18.5. The molecule has 0 atom stereocenters. The molecule has 0 aliphatic carbocycles. The van der Waals surface area contributed by atoms with E-state index in [1.165, 1.54) is 13.8 Å². The number of carboxylic acids is 4. The van der Waals surface area contributed by atoms with Crippen LogP contribution in [-0.2, 0) is 38.2 Å². The van der Waals surface area contributed by atoms with Gasteiger partial charge < -0.3 is 60.5 Å². The van der Waals surface area contributed by atoms with Gasteiger partial charge in [0.15, 0.2) is 0 Å². The normalized spacial score (nSPS) is 10.4. The van der Waals surface area contributed by atoms with Gasteiger partial charge in [-0.05, 0) is 39.5 Å². The van der Waals surface area contributed by atoms with Gasteiger partial charge >= 0.3 is 58.9 Å². The number of hydrogen-bond donors (Lipinski definition) is 10. The second-order valence-corrected chi connectivity index (χ2v) is 13.5. The molecule has 0 rings (SSSR count). The third-order valence-corrected chi connectivity index (χ3v) is 7.79. The predicted octanol–water partition coefficient (Wildman–Crippen LogP) is 1.77. The Hall–Kier alpha value is -3.17. The molecule has 0 unspecified atom stereocenters. The highest BCUT2D eigenvalue weighted by atomic mass is 24.3. The van der Waals surface area contributed by atoms with E-state index in [1.807, 2.05) is 0 Å². The van der Waals surface area contributed by atoms with Crippen LogP contribution in [0.1, 0.15) is 117 Å². The summed E-state index contributed by atoms with van der Waals surface area (Å²) in [5, 5.41) is 86.8. The van der Waals surface area contributed by atoms with Crippen LogP contribution in [0, 0.1) is 10.8 Å². The summed E-state index contributed by atoms with van der Waals surface area (Å²) in [5.74, 6) is -4.17. The van der Waals surface area contributed by atoms with Crippen molar-refractivity contribution in [2.45, 2.75) is 117 Å². The van der Waals surface area contributed by atoms with E-state index < -0.39 is 86.3 Å². The topological polar surface area (TPSA) is 323 Å². The van der Waals surface area contributed by atoms with E-state index in [0.29, 0.717) is 0 Å². The Morgan fingerprint density at radius 2 is 0.579 bits per heavy atom. The lowest BCUT2D eigenvalue weighted by atomic mass is 9.92. The summed E-state index contributed by atoms with van der Waals surface area (Å²) >= 11 is 0. The number of carbonyl (C=O) groups is 6. The third kappa shape index (κ3) is 42.3. The second kappa shape index (κ2) is 41.0. The van der Waals surface area contributed by atoms with Gasteiger partial charge in [0.05, 0.1) is 50.5 Å². The molecule has 0 fully saturated rings. The lowest BCUT2D eigenvalue weighted by molar-refractivity contribution is -0.147. The minimum absolute atomic E-state index is 0. The Kier molecular flexibility index (Phi) is 45.3. The number of aliphatic hydroxyl groups excluding tert-OH is 6. The summed E-state index contributed by atoms with van der Waals surface area (Å²) in [7, 11) is 0. The van der Waals surface area contributed by atoms with E-state index in [-0.39, 0.29) is 73.1 Å². The Balaban J connectivity index is -0.000000210. The second-order valence-electron chi connectivity index (χ2n) is 13.5. The highest BCUT2D eigenvalue weighted by Gasteiger charge is 2.31. The molecule has 0 radical (unpaired) electrons. The molecule has 332 valence electrons. The molecule has 0 aliphatic heterocycles. The summed E-state index contributed by atoms with van der Waals surface area (Å²) in [6.07, 6.45) is 11.6. The Labute approximate surface area is 351 Å². The van der Waals surface area contributed by atoms with Crippen LogP contribution < -0.4 is 0 Å². The van der Waals surface area contributed by atoms with Gasteiger partial charge in [0.25, 0.3) is 0 Å². The van der Waals surface area contributed by atoms with Crippen LogP contribution in [0.5, 0.6) is 0 Å². The van der Waals surface area contributed by atoms with E-state index in [0.717, 1.165) is 77.0 Å². The lowest BCUT2D eigenvalue weighted by Crippen LogP contribution is -2.39. The third-order valence-electron chi connectivity index (χ3n) is 7.79. The molecule has 0 aromatic carbocycles. The van der Waals surface area contributed by atoms with E-state index in [1.54, 1.807) is 0 Å². The van der Waals surface area contributed by atoms with Gasteiger partial charge in [0, 0.05) is 36.8 Å². The quantitative estimate of drug-likeness (QED) is 0.0213. The predicted molar refractivity (Wildman–Crippen MR) is 212 cm³/mol. The minimum Gasteiger partial charge on any atom is -0.481 e. The summed E-state index contributed by atoms with van der Waals surface area (Å²) in [6.45, 7) is 6.52. The first kappa shape index (κ1) is 63.0. The molecule has 19 heteroatoms. The van der Waals surface area contributed by atoms with Crippen molar-refractivity contribution in [2.24, 2.45) is 10.8 Å². The Morgan fingerprint density at radius 3 is 0.719 bits per heavy atom. The average Bonchev–Trinajstić information content (AvgIpc) is 3.15. The fourth-order valence-corrected chi connectivity index (χ4v) is 3.78. The molecule has 0 bridgehead atoms. The van der Waals surface area contributed by atoms with E-state index in [2.05, 4.69) is 13.2 Å². The van der Waals surface area contributed by atoms with Crippen LogP contribution in [0.2, 0.25) is 0 Å². The SMILES string of the molecule is C=C(C)C(=O)OCC(CO)(CO)CO.C=C(C)C(=O)OCC(CO)(CO)CO.O=C(O)CCCCCCCCC(=O)O.O=C(O)CCCCCCCCC(=O)O.[MgH2].